The molecule has 4 N–H and O–H groups in total. The highest BCUT2D eigenvalue weighted by Gasteiger charge is 2.04. The molecule has 0 saturated carbocycles. The van der Waals surface area contributed by atoms with Crippen LogP contribution >= 0.6 is 0 Å². The highest BCUT2D eigenvalue weighted by molar-refractivity contribution is 5.29. The van der Waals surface area contributed by atoms with Crippen molar-refractivity contribution in [3.63, 3.8) is 0 Å². The first-order valence-corrected chi connectivity index (χ1v) is 5.08. The minimum absolute atomic E-state index is 0.212. The van der Waals surface area contributed by atoms with Crippen molar-refractivity contribution in [1.82, 2.24) is 5.32 Å². The summed E-state index contributed by atoms with van der Waals surface area (Å²) < 4.78 is 18.1. The lowest BCUT2D eigenvalue weighted by Gasteiger charge is -2.10. The molecule has 1 rings (SSSR count). The average molecular weight is 228 g/mol. The van der Waals surface area contributed by atoms with Crippen LogP contribution in [0.1, 0.15) is 5.56 Å². The lowest BCUT2D eigenvalue weighted by Crippen LogP contribution is -2.32. The molecule has 1 atom stereocenters. The number of hydrogen-bond donors (Lipinski definition) is 3. The number of hydrogen-bond acceptors (Lipinski definition) is 4. The molecule has 1 aromatic carbocycles. The van der Waals surface area contributed by atoms with Crippen molar-refractivity contribution < 1.29 is 14.2 Å². The second-order valence-electron chi connectivity index (χ2n) is 3.49. The van der Waals surface area contributed by atoms with Crippen LogP contribution in [0.2, 0.25) is 0 Å². The second-order valence-corrected chi connectivity index (χ2v) is 3.49. The van der Waals surface area contributed by atoms with Crippen LogP contribution in [-0.4, -0.2) is 31.4 Å². The highest BCUT2D eigenvalue weighted by Crippen LogP contribution is 2.17. The smallest absolute Gasteiger partial charge is 0.165 e. The molecule has 0 heterocycles. The fourth-order valence-corrected chi connectivity index (χ4v) is 1.29. The maximum Gasteiger partial charge on any atom is 0.165 e. The number of aliphatic hydroxyl groups excluding tert-OH is 1. The number of nitrogens with two attached hydrogens (primary N) is 1. The summed E-state index contributed by atoms with van der Waals surface area (Å²) in [5.74, 6) is -0.160. The Morgan fingerprint density at radius 1 is 1.56 bits per heavy atom. The topological polar surface area (TPSA) is 67.5 Å². The zero-order valence-electron chi connectivity index (χ0n) is 9.24. The van der Waals surface area contributed by atoms with Gasteiger partial charge >= 0.3 is 0 Å². The molecular formula is C11H17FN2O2. The van der Waals surface area contributed by atoms with Gasteiger partial charge in [-0.05, 0) is 17.7 Å². The van der Waals surface area contributed by atoms with E-state index in [0.29, 0.717) is 13.1 Å². The van der Waals surface area contributed by atoms with Crippen LogP contribution in [0.3, 0.4) is 0 Å². The van der Waals surface area contributed by atoms with E-state index in [1.54, 1.807) is 12.1 Å². The van der Waals surface area contributed by atoms with E-state index in [-0.39, 0.29) is 18.1 Å². The molecule has 0 fully saturated rings. The minimum atomic E-state index is -0.567. The first kappa shape index (κ1) is 12.9. The van der Waals surface area contributed by atoms with Gasteiger partial charge in [0.15, 0.2) is 11.6 Å². The van der Waals surface area contributed by atoms with E-state index in [9.17, 15) is 9.50 Å². The van der Waals surface area contributed by atoms with Crippen LogP contribution in [0.5, 0.6) is 5.75 Å². The molecule has 1 aromatic rings. The lowest BCUT2D eigenvalue weighted by atomic mass is 10.2. The van der Waals surface area contributed by atoms with Gasteiger partial charge in [0.1, 0.15) is 0 Å². The molecule has 0 amide bonds. The molecule has 0 aliphatic carbocycles. The molecule has 0 aliphatic rings. The number of methoxy groups -OCH3 is 1. The van der Waals surface area contributed by atoms with Gasteiger partial charge in [0.05, 0.1) is 13.2 Å². The summed E-state index contributed by atoms with van der Waals surface area (Å²) >= 11 is 0. The van der Waals surface area contributed by atoms with E-state index >= 15 is 0 Å². The Morgan fingerprint density at radius 2 is 2.31 bits per heavy atom. The summed E-state index contributed by atoms with van der Waals surface area (Å²) in [6, 6.07) is 4.75. The van der Waals surface area contributed by atoms with E-state index in [2.05, 4.69) is 5.32 Å². The van der Waals surface area contributed by atoms with Gasteiger partial charge in [-0.1, -0.05) is 6.07 Å². The molecule has 0 saturated heterocycles. The summed E-state index contributed by atoms with van der Waals surface area (Å²) in [6.45, 7) is 1.09. The molecule has 5 heteroatoms. The normalized spacial score (nSPS) is 12.5. The zero-order chi connectivity index (χ0) is 12.0. The summed E-state index contributed by atoms with van der Waals surface area (Å²) in [7, 11) is 1.42. The largest absolute Gasteiger partial charge is 0.494 e. The van der Waals surface area contributed by atoms with Gasteiger partial charge in [-0.15, -0.1) is 0 Å². The molecule has 0 aliphatic heterocycles. The second kappa shape index (κ2) is 6.42. The van der Waals surface area contributed by atoms with Crippen LogP contribution in [-0.2, 0) is 6.54 Å². The summed E-state index contributed by atoms with van der Waals surface area (Å²) in [6.07, 6.45) is -0.567. The van der Waals surface area contributed by atoms with Crippen LogP contribution in [0.4, 0.5) is 4.39 Å². The van der Waals surface area contributed by atoms with E-state index < -0.39 is 6.10 Å². The van der Waals surface area contributed by atoms with Crippen LogP contribution in [0, 0.1) is 5.82 Å². The molecular weight excluding hydrogens is 211 g/mol. The molecule has 4 nitrogen and oxygen atoms in total. The Morgan fingerprint density at radius 3 is 2.88 bits per heavy atom. The van der Waals surface area contributed by atoms with Gasteiger partial charge in [0.25, 0.3) is 0 Å². The molecule has 16 heavy (non-hydrogen) atoms. The van der Waals surface area contributed by atoms with Crippen LogP contribution in [0.15, 0.2) is 18.2 Å². The molecule has 0 spiro atoms. The third-order valence-electron chi connectivity index (χ3n) is 2.20. The number of ether oxygens (including phenoxy) is 1. The lowest BCUT2D eigenvalue weighted by molar-refractivity contribution is 0.179. The van der Waals surface area contributed by atoms with Crippen molar-refractivity contribution in [2.24, 2.45) is 5.73 Å². The number of rotatable bonds is 6. The van der Waals surface area contributed by atoms with Crippen molar-refractivity contribution in [1.29, 1.82) is 0 Å². The van der Waals surface area contributed by atoms with Gasteiger partial charge in [0, 0.05) is 19.6 Å². The van der Waals surface area contributed by atoms with Gasteiger partial charge in [-0.3, -0.25) is 0 Å². The standard InChI is InChI=1S/C11H17FN2O2/c1-16-11-3-2-8(4-10(11)12)6-14-7-9(15)5-13/h2-4,9,14-15H,5-7,13H2,1H3. The van der Waals surface area contributed by atoms with Crippen molar-refractivity contribution in [2.75, 3.05) is 20.2 Å². The van der Waals surface area contributed by atoms with E-state index in [1.165, 1.54) is 13.2 Å². The molecule has 0 radical (unpaired) electrons. The number of benzene rings is 1. The Labute approximate surface area is 94.2 Å². The molecule has 0 bridgehead atoms. The highest BCUT2D eigenvalue weighted by atomic mass is 19.1. The van der Waals surface area contributed by atoms with E-state index in [4.69, 9.17) is 10.5 Å². The Kier molecular flexibility index (Phi) is 5.18. The SMILES string of the molecule is COc1ccc(CNCC(O)CN)cc1F. The first-order chi connectivity index (χ1) is 7.67. The molecule has 90 valence electrons. The molecule has 0 aromatic heterocycles. The van der Waals surface area contributed by atoms with Crippen molar-refractivity contribution in [3.8, 4) is 5.75 Å². The van der Waals surface area contributed by atoms with Gasteiger partial charge < -0.3 is 20.9 Å². The number of aliphatic hydroxyl groups is 1. The Hall–Kier alpha value is -1.17. The fraction of sp³-hybridized carbons (Fsp3) is 0.455. The predicted octanol–water partition coefficient (Wildman–Crippen LogP) is 0.243. The zero-order valence-corrected chi connectivity index (χ0v) is 9.24. The van der Waals surface area contributed by atoms with E-state index in [1.807, 2.05) is 0 Å². The summed E-state index contributed by atoms with van der Waals surface area (Å²) in [5, 5.41) is 12.2. The first-order valence-electron chi connectivity index (χ1n) is 5.08. The number of nitrogens with one attached hydrogen (secondary N) is 1. The third-order valence-corrected chi connectivity index (χ3v) is 2.20. The van der Waals surface area contributed by atoms with Gasteiger partial charge in [-0.25, -0.2) is 4.39 Å². The average Bonchev–Trinajstić information content (AvgIpc) is 2.29. The van der Waals surface area contributed by atoms with Crippen molar-refractivity contribution >= 4 is 0 Å². The molecule has 1 unspecified atom stereocenters. The van der Waals surface area contributed by atoms with Gasteiger partial charge in [0.2, 0.25) is 0 Å². The third kappa shape index (κ3) is 3.77. The van der Waals surface area contributed by atoms with Crippen LogP contribution < -0.4 is 15.8 Å². The quantitative estimate of drug-likeness (QED) is 0.652. The van der Waals surface area contributed by atoms with Crippen molar-refractivity contribution in [3.05, 3.63) is 29.6 Å². The monoisotopic (exact) mass is 228 g/mol. The van der Waals surface area contributed by atoms with E-state index in [0.717, 1.165) is 5.56 Å². The van der Waals surface area contributed by atoms with Crippen molar-refractivity contribution in [2.45, 2.75) is 12.6 Å². The Bertz CT molecular complexity index is 334. The predicted molar refractivity (Wildman–Crippen MR) is 59.7 cm³/mol. The summed E-state index contributed by atoms with van der Waals surface area (Å²) in [5.41, 5.74) is 6.04. The fourth-order valence-electron chi connectivity index (χ4n) is 1.29. The summed E-state index contributed by atoms with van der Waals surface area (Å²) in [4.78, 5) is 0. The van der Waals surface area contributed by atoms with Crippen LogP contribution in [0.25, 0.3) is 0 Å². The maximum absolute atomic E-state index is 13.3. The minimum Gasteiger partial charge on any atom is -0.494 e. The maximum atomic E-state index is 13.3. The Balaban J connectivity index is 2.46. The van der Waals surface area contributed by atoms with Gasteiger partial charge in [-0.2, -0.15) is 0 Å². The number of halogens is 1.